The van der Waals surface area contributed by atoms with Crippen LogP contribution < -0.4 is 9.64 Å². The molecule has 0 N–H and O–H groups in total. The van der Waals surface area contributed by atoms with Crippen LogP contribution in [0.25, 0.3) is 11.1 Å². The van der Waals surface area contributed by atoms with Gasteiger partial charge in [0.25, 0.3) is 0 Å². The number of benzene rings is 1. The first-order valence-corrected chi connectivity index (χ1v) is 9.55. The molecule has 1 aliphatic heterocycles. The monoisotopic (exact) mass is 393 g/mol. The molecule has 0 spiro atoms. The Morgan fingerprint density at radius 3 is 2.57 bits per heavy atom. The van der Waals surface area contributed by atoms with Crippen molar-refractivity contribution in [2.75, 3.05) is 18.6 Å². The molecule has 142 valence electrons. The zero-order valence-electron chi connectivity index (χ0n) is 15.5. The zero-order chi connectivity index (χ0) is 19.5. The van der Waals surface area contributed by atoms with Crippen molar-refractivity contribution in [3.8, 4) is 17.0 Å². The van der Waals surface area contributed by atoms with Crippen LogP contribution >= 0.6 is 11.6 Å². The maximum Gasteiger partial charge on any atom is 0.231 e. The normalized spacial score (nSPS) is 16.4. The van der Waals surface area contributed by atoms with Crippen LogP contribution in [0.2, 0.25) is 5.02 Å². The second kappa shape index (κ2) is 7.98. The summed E-state index contributed by atoms with van der Waals surface area (Å²) >= 11 is 5.95. The lowest BCUT2D eigenvalue weighted by Gasteiger charge is -2.18. The first-order chi connectivity index (χ1) is 13.7. The molecule has 0 aliphatic carbocycles. The van der Waals surface area contributed by atoms with Gasteiger partial charge in [0, 0.05) is 35.4 Å². The van der Waals surface area contributed by atoms with Gasteiger partial charge in [0.15, 0.2) is 0 Å². The van der Waals surface area contributed by atoms with Crippen molar-refractivity contribution in [2.45, 2.75) is 12.8 Å². The Bertz CT molecular complexity index is 977. The van der Waals surface area contributed by atoms with Gasteiger partial charge < -0.3 is 4.74 Å². The van der Waals surface area contributed by atoms with Crippen LogP contribution in [-0.4, -0.2) is 29.5 Å². The fourth-order valence-corrected chi connectivity index (χ4v) is 3.67. The minimum absolute atomic E-state index is 0.0474. The summed E-state index contributed by atoms with van der Waals surface area (Å²) < 4.78 is 5.49. The van der Waals surface area contributed by atoms with Gasteiger partial charge in [-0.25, -0.2) is 0 Å². The molecule has 0 saturated carbocycles. The van der Waals surface area contributed by atoms with Gasteiger partial charge in [-0.1, -0.05) is 23.7 Å². The van der Waals surface area contributed by atoms with Gasteiger partial charge >= 0.3 is 0 Å². The molecule has 3 aromatic rings. The Morgan fingerprint density at radius 2 is 1.86 bits per heavy atom. The molecule has 1 unspecified atom stereocenters. The highest BCUT2D eigenvalue weighted by atomic mass is 35.5. The number of halogens is 1. The molecule has 1 atom stereocenters. The number of carbonyl (C=O) groups excluding carboxylic acids is 1. The molecule has 1 amide bonds. The Morgan fingerprint density at radius 1 is 1.11 bits per heavy atom. The summed E-state index contributed by atoms with van der Waals surface area (Å²) in [5.41, 5.74) is 2.96. The predicted molar refractivity (Wildman–Crippen MR) is 110 cm³/mol. The lowest BCUT2D eigenvalue weighted by atomic mass is 9.98. The second-order valence-corrected chi connectivity index (χ2v) is 7.20. The summed E-state index contributed by atoms with van der Waals surface area (Å²) in [7, 11) is 1.59. The van der Waals surface area contributed by atoms with E-state index in [1.165, 1.54) is 0 Å². The van der Waals surface area contributed by atoms with Gasteiger partial charge in [-0.05, 0) is 60.4 Å². The molecule has 28 heavy (non-hydrogen) atoms. The van der Waals surface area contributed by atoms with Crippen LogP contribution in [-0.2, 0) is 11.2 Å². The fraction of sp³-hybridized carbons (Fsp3) is 0.227. The minimum atomic E-state index is -0.0474. The molecule has 1 aromatic carbocycles. The van der Waals surface area contributed by atoms with E-state index in [1.54, 1.807) is 24.4 Å². The third kappa shape index (κ3) is 3.71. The Labute approximate surface area is 169 Å². The summed E-state index contributed by atoms with van der Waals surface area (Å²) in [5.74, 6) is 1.17. The summed E-state index contributed by atoms with van der Waals surface area (Å²) in [6.45, 7) is 0.655. The molecular formula is C22H20ClN3O2. The number of hydrogen-bond donors (Lipinski definition) is 0. The van der Waals surface area contributed by atoms with E-state index in [0.717, 1.165) is 23.1 Å². The van der Waals surface area contributed by atoms with E-state index in [2.05, 4.69) is 9.97 Å². The van der Waals surface area contributed by atoms with Crippen LogP contribution in [0.15, 0.2) is 60.9 Å². The van der Waals surface area contributed by atoms with Crippen LogP contribution in [0.3, 0.4) is 0 Å². The second-order valence-electron chi connectivity index (χ2n) is 6.77. The molecule has 4 rings (SSSR count). The van der Waals surface area contributed by atoms with Gasteiger partial charge in [-0.3, -0.25) is 14.7 Å². The Kier molecular flexibility index (Phi) is 5.26. The molecule has 2 aromatic heterocycles. The van der Waals surface area contributed by atoms with Crippen LogP contribution in [0.1, 0.15) is 12.0 Å². The molecule has 3 heterocycles. The third-order valence-corrected chi connectivity index (χ3v) is 5.27. The maximum atomic E-state index is 12.9. The summed E-state index contributed by atoms with van der Waals surface area (Å²) in [4.78, 5) is 23.3. The lowest BCUT2D eigenvalue weighted by molar-refractivity contribution is -0.120. The highest BCUT2D eigenvalue weighted by Gasteiger charge is 2.33. The molecule has 1 saturated heterocycles. The molecule has 5 nitrogen and oxygen atoms in total. The van der Waals surface area contributed by atoms with E-state index in [4.69, 9.17) is 16.3 Å². The van der Waals surface area contributed by atoms with Crippen molar-refractivity contribution in [3.05, 3.63) is 71.5 Å². The van der Waals surface area contributed by atoms with Gasteiger partial charge in [-0.15, -0.1) is 0 Å². The standard InChI is InChI=1S/C22H20ClN3O2/c1-28-21-19(16-8-11-24-12-9-16)6-7-20(25-21)26-13-10-17(22(26)27)14-15-2-4-18(23)5-3-15/h2-9,11-12,17H,10,13-14H2,1H3. The molecule has 6 heteroatoms. The van der Waals surface area contributed by atoms with E-state index in [1.807, 2.05) is 48.5 Å². The van der Waals surface area contributed by atoms with Crippen molar-refractivity contribution < 1.29 is 9.53 Å². The Hall–Kier alpha value is -2.92. The van der Waals surface area contributed by atoms with Gasteiger partial charge in [0.1, 0.15) is 5.82 Å². The highest BCUT2D eigenvalue weighted by molar-refractivity contribution is 6.30. The number of hydrogen-bond acceptors (Lipinski definition) is 4. The summed E-state index contributed by atoms with van der Waals surface area (Å²) in [6.07, 6.45) is 4.97. The number of pyridine rings is 2. The topological polar surface area (TPSA) is 55.3 Å². The number of amides is 1. The van der Waals surface area contributed by atoms with E-state index in [0.29, 0.717) is 29.7 Å². The average molecular weight is 394 g/mol. The number of aromatic nitrogens is 2. The zero-order valence-corrected chi connectivity index (χ0v) is 16.3. The van der Waals surface area contributed by atoms with Crippen molar-refractivity contribution in [2.24, 2.45) is 5.92 Å². The molecule has 0 radical (unpaired) electrons. The summed E-state index contributed by atoms with van der Waals surface area (Å²) in [6, 6.07) is 15.3. The first-order valence-electron chi connectivity index (χ1n) is 9.17. The maximum absolute atomic E-state index is 12.9. The van der Waals surface area contributed by atoms with Crippen molar-refractivity contribution in [3.63, 3.8) is 0 Å². The number of nitrogens with zero attached hydrogens (tertiary/aromatic N) is 3. The lowest BCUT2D eigenvalue weighted by Crippen LogP contribution is -2.28. The fourth-order valence-electron chi connectivity index (χ4n) is 3.55. The van der Waals surface area contributed by atoms with Crippen LogP contribution in [0.5, 0.6) is 5.88 Å². The Balaban J connectivity index is 1.54. The number of carbonyl (C=O) groups is 1. The first kappa shape index (κ1) is 18.4. The van der Waals surface area contributed by atoms with E-state index < -0.39 is 0 Å². The van der Waals surface area contributed by atoms with E-state index in [-0.39, 0.29) is 11.8 Å². The van der Waals surface area contributed by atoms with Gasteiger partial charge in [0.05, 0.1) is 7.11 Å². The largest absolute Gasteiger partial charge is 0.480 e. The predicted octanol–water partition coefficient (Wildman–Crippen LogP) is 4.40. The number of ether oxygens (including phenoxy) is 1. The summed E-state index contributed by atoms with van der Waals surface area (Å²) in [5, 5.41) is 0.703. The molecule has 1 fully saturated rings. The van der Waals surface area contributed by atoms with E-state index >= 15 is 0 Å². The van der Waals surface area contributed by atoms with Crippen molar-refractivity contribution >= 4 is 23.3 Å². The molecule has 1 aliphatic rings. The smallest absolute Gasteiger partial charge is 0.231 e. The quantitative estimate of drug-likeness (QED) is 0.644. The average Bonchev–Trinajstić information content (AvgIpc) is 3.10. The van der Waals surface area contributed by atoms with E-state index in [9.17, 15) is 4.79 Å². The number of methoxy groups -OCH3 is 1. The van der Waals surface area contributed by atoms with Crippen LogP contribution in [0.4, 0.5) is 5.82 Å². The van der Waals surface area contributed by atoms with Crippen molar-refractivity contribution in [1.29, 1.82) is 0 Å². The van der Waals surface area contributed by atoms with Gasteiger partial charge in [-0.2, -0.15) is 4.98 Å². The highest BCUT2D eigenvalue weighted by Crippen LogP contribution is 2.33. The van der Waals surface area contributed by atoms with Crippen LogP contribution in [0, 0.1) is 5.92 Å². The third-order valence-electron chi connectivity index (χ3n) is 5.02. The SMILES string of the molecule is COc1nc(N2CCC(Cc3ccc(Cl)cc3)C2=O)ccc1-c1ccncc1. The molecule has 0 bridgehead atoms. The number of rotatable bonds is 5. The number of anilines is 1. The van der Waals surface area contributed by atoms with Crippen molar-refractivity contribution in [1.82, 2.24) is 9.97 Å². The molecular weight excluding hydrogens is 374 g/mol. The minimum Gasteiger partial charge on any atom is -0.480 e. The van der Waals surface area contributed by atoms with Gasteiger partial charge in [0.2, 0.25) is 11.8 Å².